The number of allylic oxidation sites excluding steroid dienone is 1. The Hall–Kier alpha value is -7.43. The Kier molecular flexibility index (Phi) is 8.14. The number of nitrogens with zero attached hydrogens (tertiary/aromatic N) is 4. The Morgan fingerprint density at radius 2 is 1.03 bits per heavy atom. The summed E-state index contributed by atoms with van der Waals surface area (Å²) in [6, 6.07) is 68.7. The first kappa shape index (κ1) is 33.9. The molecule has 4 heteroatoms. The average Bonchev–Trinajstić information content (AvgIpc) is 3.65. The SMILES string of the molecule is CC1C=C(c2nc3ccccc3c3c2c2ccccc2n3-c2ccccc2)c2ccccc2C1c1nc(-c2ccccc2)cc(-c2ccc(-c3ccccc3)cc2)n1. The van der Waals surface area contributed by atoms with Gasteiger partial charge < -0.3 is 4.57 Å². The zero-order chi connectivity index (χ0) is 38.6. The Bertz CT molecular complexity index is 3170. The average molecular weight is 743 g/mol. The van der Waals surface area contributed by atoms with Crippen LogP contribution in [0.4, 0.5) is 0 Å². The normalized spacial score (nSPS) is 15.1. The highest BCUT2D eigenvalue weighted by Crippen LogP contribution is 2.47. The molecule has 274 valence electrons. The number of hydrogen-bond acceptors (Lipinski definition) is 3. The van der Waals surface area contributed by atoms with Crippen molar-refractivity contribution in [3.05, 3.63) is 223 Å². The zero-order valence-corrected chi connectivity index (χ0v) is 32.0. The number of para-hydroxylation sites is 3. The molecule has 3 heterocycles. The summed E-state index contributed by atoms with van der Waals surface area (Å²) < 4.78 is 2.41. The third kappa shape index (κ3) is 5.64. The van der Waals surface area contributed by atoms with Crippen LogP contribution in [0, 0.1) is 5.92 Å². The van der Waals surface area contributed by atoms with Gasteiger partial charge in [0.25, 0.3) is 0 Å². The first-order chi connectivity index (χ1) is 28.7. The highest BCUT2D eigenvalue weighted by Gasteiger charge is 2.33. The number of hydrogen-bond donors (Lipinski definition) is 0. The Balaban J connectivity index is 1.11. The van der Waals surface area contributed by atoms with Crippen LogP contribution in [-0.2, 0) is 0 Å². The molecular formula is C54H38N4. The maximum atomic E-state index is 5.54. The molecule has 0 spiro atoms. The third-order valence-electron chi connectivity index (χ3n) is 11.7. The molecule has 0 fully saturated rings. The van der Waals surface area contributed by atoms with Crippen molar-refractivity contribution < 1.29 is 0 Å². The van der Waals surface area contributed by atoms with E-state index in [0.29, 0.717) is 0 Å². The van der Waals surface area contributed by atoms with Crippen LogP contribution >= 0.6 is 0 Å². The molecule has 10 aromatic rings. The first-order valence-electron chi connectivity index (χ1n) is 20.0. The fraction of sp³-hybridized carbons (Fsp3) is 0.0556. The molecule has 3 aromatic heterocycles. The van der Waals surface area contributed by atoms with Gasteiger partial charge >= 0.3 is 0 Å². The fourth-order valence-corrected chi connectivity index (χ4v) is 9.02. The minimum atomic E-state index is -0.0763. The minimum Gasteiger partial charge on any atom is -0.308 e. The van der Waals surface area contributed by atoms with Gasteiger partial charge in [0.15, 0.2) is 0 Å². The topological polar surface area (TPSA) is 43.6 Å². The molecule has 0 amide bonds. The second-order valence-electron chi connectivity index (χ2n) is 15.2. The molecule has 0 bridgehead atoms. The predicted octanol–water partition coefficient (Wildman–Crippen LogP) is 13.3. The number of pyridine rings is 1. The molecule has 2 atom stereocenters. The molecule has 0 aliphatic heterocycles. The summed E-state index contributed by atoms with van der Waals surface area (Å²) in [6.07, 6.45) is 2.42. The van der Waals surface area contributed by atoms with Crippen LogP contribution in [0.5, 0.6) is 0 Å². The molecule has 1 aliphatic carbocycles. The van der Waals surface area contributed by atoms with Gasteiger partial charge in [-0.05, 0) is 58.5 Å². The molecule has 2 unspecified atom stereocenters. The van der Waals surface area contributed by atoms with E-state index in [-0.39, 0.29) is 11.8 Å². The summed E-state index contributed by atoms with van der Waals surface area (Å²) in [7, 11) is 0. The summed E-state index contributed by atoms with van der Waals surface area (Å²) in [5, 5.41) is 3.48. The lowest BCUT2D eigenvalue weighted by Gasteiger charge is -2.30. The standard InChI is InChI=1S/C54H38N4/c1-35-33-45(52-51-44-26-14-16-28-49(44)58(40-21-9-4-10-22-40)53(51)43-25-13-15-27-46(43)55-52)41-23-11-12-24-42(41)50(35)54-56-47(38-19-7-3-8-20-38)34-48(57-54)39-31-29-37(30-32-39)36-17-5-2-6-18-36/h2-35,50H,1H3. The maximum Gasteiger partial charge on any atom is 0.137 e. The highest BCUT2D eigenvalue weighted by molar-refractivity contribution is 6.21. The first-order valence-corrected chi connectivity index (χ1v) is 20.0. The summed E-state index contributed by atoms with van der Waals surface area (Å²) in [5.41, 5.74) is 15.3. The van der Waals surface area contributed by atoms with E-state index in [4.69, 9.17) is 15.0 Å². The maximum absolute atomic E-state index is 5.54. The molecule has 11 rings (SSSR count). The van der Waals surface area contributed by atoms with Crippen molar-refractivity contribution in [1.29, 1.82) is 0 Å². The van der Waals surface area contributed by atoms with Crippen LogP contribution in [0.1, 0.15) is 35.5 Å². The largest absolute Gasteiger partial charge is 0.308 e. The minimum absolute atomic E-state index is 0.0648. The predicted molar refractivity (Wildman–Crippen MR) is 239 cm³/mol. The van der Waals surface area contributed by atoms with Crippen LogP contribution in [0.3, 0.4) is 0 Å². The Morgan fingerprint density at radius 3 is 1.78 bits per heavy atom. The summed E-state index contributed by atoms with van der Waals surface area (Å²) >= 11 is 0. The molecule has 0 N–H and O–H groups in total. The van der Waals surface area contributed by atoms with Crippen LogP contribution in [0.15, 0.2) is 200 Å². The second-order valence-corrected chi connectivity index (χ2v) is 15.2. The quantitative estimate of drug-likeness (QED) is 0.170. The summed E-state index contributed by atoms with van der Waals surface area (Å²) in [6.45, 7) is 2.30. The van der Waals surface area contributed by atoms with E-state index in [1.807, 2.05) is 0 Å². The Morgan fingerprint density at radius 1 is 0.483 bits per heavy atom. The van der Waals surface area contributed by atoms with E-state index in [1.165, 1.54) is 27.6 Å². The van der Waals surface area contributed by atoms with Crippen molar-refractivity contribution in [2.75, 3.05) is 0 Å². The van der Waals surface area contributed by atoms with Gasteiger partial charge in [0, 0.05) is 38.5 Å². The van der Waals surface area contributed by atoms with E-state index in [2.05, 4.69) is 212 Å². The smallest absolute Gasteiger partial charge is 0.137 e. The fourth-order valence-electron chi connectivity index (χ4n) is 9.02. The van der Waals surface area contributed by atoms with E-state index < -0.39 is 0 Å². The van der Waals surface area contributed by atoms with Gasteiger partial charge in [-0.3, -0.25) is 0 Å². The van der Waals surface area contributed by atoms with Crippen molar-refractivity contribution in [2.45, 2.75) is 12.8 Å². The van der Waals surface area contributed by atoms with Crippen molar-refractivity contribution in [1.82, 2.24) is 19.5 Å². The highest BCUT2D eigenvalue weighted by atomic mass is 15.0. The van der Waals surface area contributed by atoms with E-state index in [1.54, 1.807) is 0 Å². The number of benzene rings is 7. The Labute approximate surface area is 337 Å². The molecule has 0 radical (unpaired) electrons. The van der Waals surface area contributed by atoms with Crippen LogP contribution < -0.4 is 0 Å². The zero-order valence-electron chi connectivity index (χ0n) is 32.0. The van der Waals surface area contributed by atoms with Gasteiger partial charge in [0.2, 0.25) is 0 Å². The van der Waals surface area contributed by atoms with E-state index >= 15 is 0 Å². The van der Waals surface area contributed by atoms with Crippen LogP contribution in [0.25, 0.3) is 77.6 Å². The van der Waals surface area contributed by atoms with Crippen LogP contribution in [-0.4, -0.2) is 19.5 Å². The third-order valence-corrected chi connectivity index (χ3v) is 11.7. The van der Waals surface area contributed by atoms with Gasteiger partial charge in [-0.1, -0.05) is 177 Å². The lowest BCUT2D eigenvalue weighted by molar-refractivity contribution is 0.585. The van der Waals surface area contributed by atoms with E-state index in [0.717, 1.165) is 72.7 Å². The van der Waals surface area contributed by atoms with E-state index in [9.17, 15) is 0 Å². The van der Waals surface area contributed by atoms with Crippen molar-refractivity contribution in [3.8, 4) is 39.3 Å². The van der Waals surface area contributed by atoms with Gasteiger partial charge in [-0.25, -0.2) is 15.0 Å². The van der Waals surface area contributed by atoms with Crippen molar-refractivity contribution >= 4 is 38.3 Å². The molecule has 7 aromatic carbocycles. The number of rotatable bonds is 6. The molecule has 4 nitrogen and oxygen atoms in total. The monoisotopic (exact) mass is 742 g/mol. The molecule has 1 aliphatic rings. The van der Waals surface area contributed by atoms with Gasteiger partial charge in [-0.15, -0.1) is 0 Å². The van der Waals surface area contributed by atoms with Crippen LogP contribution in [0.2, 0.25) is 0 Å². The molecule has 0 saturated heterocycles. The lowest BCUT2D eigenvalue weighted by Crippen LogP contribution is -2.20. The molecular weight excluding hydrogens is 705 g/mol. The lowest BCUT2D eigenvalue weighted by atomic mass is 9.75. The molecule has 58 heavy (non-hydrogen) atoms. The second kappa shape index (κ2) is 13.9. The van der Waals surface area contributed by atoms with Crippen molar-refractivity contribution in [2.24, 2.45) is 5.92 Å². The number of aromatic nitrogens is 4. The van der Waals surface area contributed by atoms with Gasteiger partial charge in [-0.2, -0.15) is 0 Å². The van der Waals surface area contributed by atoms with Gasteiger partial charge in [0.05, 0.1) is 39.5 Å². The summed E-state index contributed by atoms with van der Waals surface area (Å²) in [5.74, 6) is 0.804. The molecule has 0 saturated carbocycles. The van der Waals surface area contributed by atoms with Gasteiger partial charge in [0.1, 0.15) is 5.82 Å². The summed E-state index contributed by atoms with van der Waals surface area (Å²) in [4.78, 5) is 16.3. The van der Waals surface area contributed by atoms with Crippen molar-refractivity contribution in [3.63, 3.8) is 0 Å². The number of fused-ring (bicyclic) bond motifs is 6.